The average molecular weight is 313 g/mol. The van der Waals surface area contributed by atoms with Crippen LogP contribution in [0.15, 0.2) is 0 Å². The second-order valence-electron chi connectivity index (χ2n) is 6.11. The van der Waals surface area contributed by atoms with Gasteiger partial charge < -0.3 is 15.4 Å². The summed E-state index contributed by atoms with van der Waals surface area (Å²) in [5, 5.41) is 5.64. The molecule has 0 aliphatic carbocycles. The molecule has 0 radical (unpaired) electrons. The maximum atomic E-state index is 12.4. The molecule has 2 N–H and O–H groups in total. The monoisotopic (exact) mass is 313 g/mol. The van der Waals surface area contributed by atoms with Crippen molar-refractivity contribution in [3.05, 3.63) is 0 Å². The molecule has 2 amide bonds. The zero-order valence-electron chi connectivity index (χ0n) is 14.4. The Bertz CT molecular complexity index is 361. The van der Waals surface area contributed by atoms with E-state index >= 15 is 0 Å². The summed E-state index contributed by atoms with van der Waals surface area (Å²) in [6.07, 6.45) is 3.03. The minimum Gasteiger partial charge on any atom is -0.450 e. The Morgan fingerprint density at radius 2 is 2.00 bits per heavy atom. The Hall–Kier alpha value is -1.30. The van der Waals surface area contributed by atoms with Gasteiger partial charge >= 0.3 is 6.09 Å². The van der Waals surface area contributed by atoms with E-state index in [4.69, 9.17) is 4.74 Å². The van der Waals surface area contributed by atoms with Crippen LogP contribution >= 0.6 is 0 Å². The van der Waals surface area contributed by atoms with Crippen LogP contribution in [0.1, 0.15) is 47.0 Å². The first-order chi connectivity index (χ1) is 10.5. The number of alkyl carbamates (subject to hydrolysis) is 1. The van der Waals surface area contributed by atoms with Crippen molar-refractivity contribution in [1.29, 1.82) is 0 Å². The van der Waals surface area contributed by atoms with Crippen molar-refractivity contribution in [3.8, 4) is 0 Å². The molecule has 0 saturated carbocycles. The molecule has 2 unspecified atom stereocenters. The normalized spacial score (nSPS) is 20.5. The molecule has 0 bridgehead atoms. The van der Waals surface area contributed by atoms with Crippen LogP contribution in [0.25, 0.3) is 0 Å². The summed E-state index contributed by atoms with van der Waals surface area (Å²) in [6, 6.07) is -0.157. The van der Waals surface area contributed by atoms with Gasteiger partial charge in [-0.25, -0.2) is 4.79 Å². The molecule has 1 aliphatic heterocycles. The van der Waals surface area contributed by atoms with Gasteiger partial charge in [-0.2, -0.15) is 0 Å². The van der Waals surface area contributed by atoms with E-state index in [1.54, 1.807) is 6.92 Å². The van der Waals surface area contributed by atoms with E-state index < -0.39 is 12.1 Å². The molecule has 1 fully saturated rings. The summed E-state index contributed by atoms with van der Waals surface area (Å²) in [6.45, 7) is 10.8. The first kappa shape index (κ1) is 18.7. The number of piperidine rings is 1. The summed E-state index contributed by atoms with van der Waals surface area (Å²) >= 11 is 0. The highest BCUT2D eigenvalue weighted by molar-refractivity contribution is 5.85. The Morgan fingerprint density at radius 1 is 1.27 bits per heavy atom. The number of nitrogens with one attached hydrogen (secondary N) is 2. The minimum atomic E-state index is -0.558. The average Bonchev–Trinajstić information content (AvgIpc) is 2.50. The number of carbonyl (C=O) groups is 2. The number of rotatable bonds is 7. The third kappa shape index (κ3) is 5.83. The molecular weight excluding hydrogens is 282 g/mol. The van der Waals surface area contributed by atoms with Crippen molar-refractivity contribution in [2.75, 3.05) is 26.2 Å². The first-order valence-corrected chi connectivity index (χ1v) is 8.44. The quantitative estimate of drug-likeness (QED) is 0.751. The van der Waals surface area contributed by atoms with Gasteiger partial charge in [0, 0.05) is 12.6 Å². The molecule has 1 aliphatic rings. The largest absolute Gasteiger partial charge is 0.450 e. The molecule has 6 nitrogen and oxygen atoms in total. The van der Waals surface area contributed by atoms with Crippen molar-refractivity contribution in [3.63, 3.8) is 0 Å². The molecule has 0 aromatic heterocycles. The number of amides is 2. The lowest BCUT2D eigenvalue weighted by Gasteiger charge is -2.35. The van der Waals surface area contributed by atoms with Crippen LogP contribution < -0.4 is 10.6 Å². The molecule has 1 saturated heterocycles. The third-order valence-corrected chi connectivity index (χ3v) is 4.17. The molecule has 0 aromatic carbocycles. The molecule has 2 atom stereocenters. The van der Waals surface area contributed by atoms with Crippen LogP contribution in [0, 0.1) is 5.92 Å². The highest BCUT2D eigenvalue weighted by atomic mass is 16.5. The number of nitrogens with zero attached hydrogens (tertiary/aromatic N) is 1. The van der Waals surface area contributed by atoms with Gasteiger partial charge in [0.1, 0.15) is 6.04 Å². The molecule has 1 rings (SSSR count). The number of likely N-dealkylation sites (tertiary alicyclic amines) is 1. The lowest BCUT2D eigenvalue weighted by atomic mass is 10.0. The predicted octanol–water partition coefficient (Wildman–Crippen LogP) is 1.75. The number of ether oxygens (including phenoxy) is 1. The maximum Gasteiger partial charge on any atom is 0.407 e. The molecule has 1 heterocycles. The molecule has 128 valence electrons. The van der Waals surface area contributed by atoms with E-state index in [-0.39, 0.29) is 11.8 Å². The minimum absolute atomic E-state index is 0.0121. The van der Waals surface area contributed by atoms with Crippen molar-refractivity contribution in [2.45, 2.75) is 59.0 Å². The Labute approximate surface area is 134 Å². The number of hydrogen-bond donors (Lipinski definition) is 2. The first-order valence-electron chi connectivity index (χ1n) is 8.44. The Kier molecular flexibility index (Phi) is 8.24. The topological polar surface area (TPSA) is 70.7 Å². The van der Waals surface area contributed by atoms with Gasteiger partial charge in [-0.05, 0) is 38.8 Å². The predicted molar refractivity (Wildman–Crippen MR) is 86.7 cm³/mol. The third-order valence-electron chi connectivity index (χ3n) is 4.17. The fourth-order valence-corrected chi connectivity index (χ4v) is 2.87. The molecule has 0 aromatic rings. The van der Waals surface area contributed by atoms with E-state index in [1.807, 2.05) is 13.8 Å². The maximum absolute atomic E-state index is 12.4. The number of likely N-dealkylation sites (N-methyl/N-ethyl adjacent to an activating group) is 1. The van der Waals surface area contributed by atoms with Crippen LogP contribution in [0.5, 0.6) is 0 Å². The summed E-state index contributed by atoms with van der Waals surface area (Å²) in [5.74, 6) is -0.122. The molecule has 0 spiro atoms. The van der Waals surface area contributed by atoms with Gasteiger partial charge in [0.15, 0.2) is 0 Å². The number of carbonyl (C=O) groups excluding carboxylic acids is 2. The molecule has 6 heteroatoms. The zero-order chi connectivity index (χ0) is 16.5. The zero-order valence-corrected chi connectivity index (χ0v) is 14.4. The van der Waals surface area contributed by atoms with Crippen LogP contribution in [0.2, 0.25) is 0 Å². The van der Waals surface area contributed by atoms with Crippen molar-refractivity contribution in [1.82, 2.24) is 15.5 Å². The van der Waals surface area contributed by atoms with Gasteiger partial charge in [0.05, 0.1) is 6.61 Å². The standard InChI is InChI=1S/C16H31N3O3/c1-5-19-10-8-7-9-13(19)11-17-15(20)14(12(3)4)18-16(21)22-6-2/h12-14H,5-11H2,1-4H3,(H,17,20)(H,18,21). The van der Waals surface area contributed by atoms with E-state index in [0.717, 1.165) is 19.5 Å². The van der Waals surface area contributed by atoms with E-state index in [2.05, 4.69) is 22.5 Å². The van der Waals surface area contributed by atoms with Gasteiger partial charge in [0.25, 0.3) is 0 Å². The van der Waals surface area contributed by atoms with Crippen LogP contribution in [-0.4, -0.2) is 55.2 Å². The van der Waals surface area contributed by atoms with Crippen molar-refractivity contribution < 1.29 is 14.3 Å². The Morgan fingerprint density at radius 3 is 2.59 bits per heavy atom. The van der Waals surface area contributed by atoms with Crippen LogP contribution in [0.4, 0.5) is 4.79 Å². The highest BCUT2D eigenvalue weighted by Crippen LogP contribution is 2.15. The van der Waals surface area contributed by atoms with Crippen molar-refractivity contribution in [2.24, 2.45) is 5.92 Å². The second-order valence-corrected chi connectivity index (χ2v) is 6.11. The SMILES string of the molecule is CCOC(=O)NC(C(=O)NCC1CCCCN1CC)C(C)C. The van der Waals surface area contributed by atoms with Crippen molar-refractivity contribution >= 4 is 12.0 Å². The van der Waals surface area contributed by atoms with Gasteiger partial charge in [-0.1, -0.05) is 27.2 Å². The van der Waals surface area contributed by atoms with E-state index in [0.29, 0.717) is 19.2 Å². The van der Waals surface area contributed by atoms with Gasteiger partial charge in [-0.3, -0.25) is 9.69 Å². The molecular formula is C16H31N3O3. The van der Waals surface area contributed by atoms with Gasteiger partial charge in [0.2, 0.25) is 5.91 Å². The summed E-state index contributed by atoms with van der Waals surface area (Å²) in [7, 11) is 0. The van der Waals surface area contributed by atoms with Crippen LogP contribution in [0.3, 0.4) is 0 Å². The highest BCUT2D eigenvalue weighted by Gasteiger charge is 2.27. The Balaban J connectivity index is 2.50. The van der Waals surface area contributed by atoms with E-state index in [1.165, 1.54) is 12.8 Å². The van der Waals surface area contributed by atoms with Crippen LogP contribution in [-0.2, 0) is 9.53 Å². The summed E-state index contributed by atoms with van der Waals surface area (Å²) in [5.41, 5.74) is 0. The van der Waals surface area contributed by atoms with Gasteiger partial charge in [-0.15, -0.1) is 0 Å². The lowest BCUT2D eigenvalue weighted by Crippen LogP contribution is -2.53. The smallest absolute Gasteiger partial charge is 0.407 e. The summed E-state index contributed by atoms with van der Waals surface area (Å²) in [4.78, 5) is 26.3. The lowest BCUT2D eigenvalue weighted by molar-refractivity contribution is -0.124. The number of hydrogen-bond acceptors (Lipinski definition) is 4. The fraction of sp³-hybridized carbons (Fsp3) is 0.875. The van der Waals surface area contributed by atoms with E-state index in [9.17, 15) is 9.59 Å². The fourth-order valence-electron chi connectivity index (χ4n) is 2.87. The second kappa shape index (κ2) is 9.66. The summed E-state index contributed by atoms with van der Waals surface area (Å²) < 4.78 is 4.86. The molecule has 22 heavy (non-hydrogen) atoms.